The van der Waals surface area contributed by atoms with E-state index in [0.717, 1.165) is 82.9 Å². The maximum absolute atomic E-state index is 5.55. The molecule has 9 heteroatoms. The molecule has 1 unspecified atom stereocenters. The van der Waals surface area contributed by atoms with Crippen molar-refractivity contribution < 1.29 is 18.9 Å². The van der Waals surface area contributed by atoms with Crippen LogP contribution in [0.1, 0.15) is 31.4 Å². The Labute approximate surface area is 204 Å². The highest BCUT2D eigenvalue weighted by atomic mass is 127. The average molecular weight is 550 g/mol. The number of rotatable bonds is 12. The molecule has 0 radical (unpaired) electrons. The van der Waals surface area contributed by atoms with Gasteiger partial charge in [0.1, 0.15) is 0 Å². The van der Waals surface area contributed by atoms with E-state index < -0.39 is 0 Å². The summed E-state index contributed by atoms with van der Waals surface area (Å²) in [6, 6.07) is 6.30. The quantitative estimate of drug-likeness (QED) is 0.179. The molecule has 0 amide bonds. The number of methoxy groups -OCH3 is 2. The van der Waals surface area contributed by atoms with Gasteiger partial charge in [0, 0.05) is 46.4 Å². The van der Waals surface area contributed by atoms with Crippen molar-refractivity contribution in [2.45, 2.75) is 25.8 Å². The first kappa shape index (κ1) is 27.7. The molecule has 1 aromatic rings. The minimum absolute atomic E-state index is 0. The third-order valence-electron chi connectivity index (χ3n) is 5.18. The number of ether oxygens (including phenoxy) is 4. The summed E-state index contributed by atoms with van der Waals surface area (Å²) in [5.41, 5.74) is 1.18. The maximum atomic E-state index is 5.55. The standard InChI is InChI=1S/C22H38N4O4.HI/c1-5-29-13-7-6-10-24-22(23-2)25-17-19(26-11-14-30-15-12-26)18-8-9-20(27-3)21(16-18)28-4;/h8-9,16,19H,5-7,10-15,17H2,1-4H3,(H2,23,24,25);1H. The highest BCUT2D eigenvalue weighted by Crippen LogP contribution is 2.32. The molecule has 1 heterocycles. The number of nitrogens with one attached hydrogen (secondary N) is 2. The van der Waals surface area contributed by atoms with Crippen molar-refractivity contribution in [3.05, 3.63) is 23.8 Å². The number of hydrogen-bond donors (Lipinski definition) is 2. The Bertz CT molecular complexity index is 642. The molecule has 1 saturated heterocycles. The Morgan fingerprint density at radius 3 is 2.52 bits per heavy atom. The summed E-state index contributed by atoms with van der Waals surface area (Å²) in [7, 11) is 5.12. The van der Waals surface area contributed by atoms with Gasteiger partial charge in [-0.2, -0.15) is 0 Å². The van der Waals surface area contributed by atoms with Crippen LogP contribution in [0, 0.1) is 0 Å². The molecule has 8 nitrogen and oxygen atoms in total. The molecule has 178 valence electrons. The van der Waals surface area contributed by atoms with Crippen LogP contribution in [0.4, 0.5) is 0 Å². The zero-order valence-electron chi connectivity index (χ0n) is 19.3. The molecule has 1 aliphatic heterocycles. The van der Waals surface area contributed by atoms with Crippen LogP contribution in [0.3, 0.4) is 0 Å². The van der Waals surface area contributed by atoms with E-state index >= 15 is 0 Å². The van der Waals surface area contributed by atoms with E-state index in [1.807, 2.05) is 13.0 Å². The van der Waals surface area contributed by atoms with Crippen LogP contribution in [0.2, 0.25) is 0 Å². The molecule has 1 atom stereocenters. The smallest absolute Gasteiger partial charge is 0.191 e. The molecule has 0 spiro atoms. The lowest BCUT2D eigenvalue weighted by atomic mass is 10.0. The molecule has 1 fully saturated rings. The van der Waals surface area contributed by atoms with Gasteiger partial charge in [0.05, 0.1) is 33.5 Å². The fraction of sp³-hybridized carbons (Fsp3) is 0.682. The van der Waals surface area contributed by atoms with Gasteiger partial charge in [-0.3, -0.25) is 9.89 Å². The van der Waals surface area contributed by atoms with Crippen LogP contribution >= 0.6 is 24.0 Å². The second kappa shape index (κ2) is 16.3. The van der Waals surface area contributed by atoms with Gasteiger partial charge in [0.2, 0.25) is 0 Å². The Morgan fingerprint density at radius 2 is 1.87 bits per heavy atom. The zero-order valence-corrected chi connectivity index (χ0v) is 21.6. The summed E-state index contributed by atoms with van der Waals surface area (Å²) in [5.74, 6) is 2.29. The average Bonchev–Trinajstić information content (AvgIpc) is 2.80. The number of aliphatic imine (C=N–C) groups is 1. The van der Waals surface area contributed by atoms with Gasteiger partial charge in [-0.25, -0.2) is 0 Å². The molecule has 2 rings (SSSR count). The van der Waals surface area contributed by atoms with Gasteiger partial charge < -0.3 is 29.6 Å². The fourth-order valence-electron chi connectivity index (χ4n) is 3.50. The van der Waals surface area contributed by atoms with E-state index in [1.165, 1.54) is 5.56 Å². The largest absolute Gasteiger partial charge is 0.493 e. The van der Waals surface area contributed by atoms with Crippen LogP contribution in [-0.2, 0) is 9.47 Å². The minimum Gasteiger partial charge on any atom is -0.493 e. The highest BCUT2D eigenvalue weighted by molar-refractivity contribution is 14.0. The minimum atomic E-state index is 0. The van der Waals surface area contributed by atoms with Crippen molar-refractivity contribution in [2.24, 2.45) is 4.99 Å². The Hall–Kier alpha value is -1.30. The molecule has 1 aliphatic rings. The third-order valence-corrected chi connectivity index (χ3v) is 5.18. The molecule has 0 saturated carbocycles. The lowest BCUT2D eigenvalue weighted by Gasteiger charge is -2.35. The van der Waals surface area contributed by atoms with E-state index in [-0.39, 0.29) is 30.0 Å². The van der Waals surface area contributed by atoms with Crippen LogP contribution < -0.4 is 20.1 Å². The number of benzene rings is 1. The Kier molecular flexibility index (Phi) is 14.6. The van der Waals surface area contributed by atoms with E-state index in [9.17, 15) is 0 Å². The number of unbranched alkanes of at least 4 members (excludes halogenated alkanes) is 1. The number of morpholine rings is 1. The topological polar surface area (TPSA) is 76.6 Å². The van der Waals surface area contributed by atoms with Gasteiger partial charge in [0.15, 0.2) is 17.5 Å². The Balaban J connectivity index is 0.00000480. The molecule has 0 aromatic heterocycles. The van der Waals surface area contributed by atoms with Crippen LogP contribution in [0.15, 0.2) is 23.2 Å². The van der Waals surface area contributed by atoms with E-state index in [1.54, 1.807) is 21.3 Å². The first-order valence-corrected chi connectivity index (χ1v) is 10.8. The molecule has 0 aliphatic carbocycles. The maximum Gasteiger partial charge on any atom is 0.191 e. The number of guanidine groups is 1. The summed E-state index contributed by atoms with van der Waals surface area (Å²) in [4.78, 5) is 6.81. The van der Waals surface area contributed by atoms with Crippen molar-refractivity contribution in [1.29, 1.82) is 0 Å². The molecule has 1 aromatic carbocycles. The summed E-state index contributed by atoms with van der Waals surface area (Å²) >= 11 is 0. The normalized spacial score (nSPS) is 15.7. The van der Waals surface area contributed by atoms with Crippen LogP contribution in [-0.4, -0.2) is 84.7 Å². The van der Waals surface area contributed by atoms with Crippen molar-refractivity contribution in [1.82, 2.24) is 15.5 Å². The number of hydrogen-bond acceptors (Lipinski definition) is 6. The predicted molar refractivity (Wildman–Crippen MR) is 135 cm³/mol. The fourth-order valence-corrected chi connectivity index (χ4v) is 3.50. The van der Waals surface area contributed by atoms with E-state index in [4.69, 9.17) is 18.9 Å². The molecular formula is C22H39IN4O4. The number of halogens is 1. The van der Waals surface area contributed by atoms with Gasteiger partial charge in [-0.1, -0.05) is 6.07 Å². The summed E-state index contributed by atoms with van der Waals surface area (Å²) in [5, 5.41) is 6.88. The van der Waals surface area contributed by atoms with Gasteiger partial charge in [-0.15, -0.1) is 24.0 Å². The zero-order chi connectivity index (χ0) is 21.6. The van der Waals surface area contributed by atoms with Crippen molar-refractivity contribution in [3.63, 3.8) is 0 Å². The van der Waals surface area contributed by atoms with Gasteiger partial charge in [-0.05, 0) is 37.5 Å². The highest BCUT2D eigenvalue weighted by Gasteiger charge is 2.24. The Morgan fingerprint density at radius 1 is 1.13 bits per heavy atom. The lowest BCUT2D eigenvalue weighted by molar-refractivity contribution is 0.0169. The second-order valence-corrected chi connectivity index (χ2v) is 7.06. The van der Waals surface area contributed by atoms with Crippen molar-refractivity contribution in [3.8, 4) is 11.5 Å². The van der Waals surface area contributed by atoms with Gasteiger partial charge in [0.25, 0.3) is 0 Å². The third kappa shape index (κ3) is 9.38. The summed E-state index contributed by atoms with van der Waals surface area (Å²) in [6.45, 7) is 8.48. The monoisotopic (exact) mass is 550 g/mol. The van der Waals surface area contributed by atoms with E-state index in [2.05, 4.69) is 32.7 Å². The SMILES string of the molecule is CCOCCCCNC(=NC)NCC(c1ccc(OC)c(OC)c1)N1CCOCC1.I. The van der Waals surface area contributed by atoms with Crippen molar-refractivity contribution in [2.75, 3.05) is 73.9 Å². The predicted octanol–water partition coefficient (Wildman–Crippen LogP) is 2.68. The first-order valence-electron chi connectivity index (χ1n) is 10.8. The molecule has 2 N–H and O–H groups in total. The molecule has 0 bridgehead atoms. The van der Waals surface area contributed by atoms with E-state index in [0.29, 0.717) is 0 Å². The van der Waals surface area contributed by atoms with Crippen LogP contribution in [0.25, 0.3) is 0 Å². The van der Waals surface area contributed by atoms with Crippen LogP contribution in [0.5, 0.6) is 11.5 Å². The van der Waals surface area contributed by atoms with Gasteiger partial charge >= 0.3 is 0 Å². The van der Waals surface area contributed by atoms with Crippen molar-refractivity contribution >= 4 is 29.9 Å². The summed E-state index contributed by atoms with van der Waals surface area (Å²) in [6.07, 6.45) is 2.09. The molecule has 31 heavy (non-hydrogen) atoms. The lowest BCUT2D eigenvalue weighted by Crippen LogP contribution is -2.46. The molecular weight excluding hydrogens is 511 g/mol. The summed E-state index contributed by atoms with van der Waals surface area (Å²) < 4.78 is 21.9. The number of nitrogens with zero attached hydrogens (tertiary/aromatic N) is 2. The first-order chi connectivity index (χ1) is 14.7. The second-order valence-electron chi connectivity index (χ2n) is 7.06.